The number of ether oxygens (including phenoxy) is 2. The van der Waals surface area contributed by atoms with Gasteiger partial charge in [-0.15, -0.1) is 0 Å². The fourth-order valence-electron chi connectivity index (χ4n) is 3.43. The first kappa shape index (κ1) is 19.4. The van der Waals surface area contributed by atoms with Crippen molar-refractivity contribution in [2.75, 3.05) is 13.2 Å². The highest BCUT2D eigenvalue weighted by Crippen LogP contribution is 2.39. The third-order valence-electron chi connectivity index (χ3n) is 5.80. The lowest BCUT2D eigenvalue weighted by molar-refractivity contribution is -0.311. The normalized spacial score (nSPS) is 18.7. The fraction of sp³-hybridized carbons (Fsp3) is 0.571. The van der Waals surface area contributed by atoms with E-state index in [1.807, 2.05) is 30.9 Å². The molecule has 0 amide bonds. The summed E-state index contributed by atoms with van der Waals surface area (Å²) in [5.41, 5.74) is 1.41. The highest BCUT2D eigenvalue weighted by atomic mass is 35.5. The molecule has 0 N–H and O–H groups in total. The lowest BCUT2D eigenvalue weighted by Crippen LogP contribution is -2.50. The zero-order valence-corrected chi connectivity index (χ0v) is 16.5. The van der Waals surface area contributed by atoms with E-state index in [1.54, 1.807) is 0 Å². The first-order chi connectivity index (χ1) is 12.6. The molecule has 2 aromatic rings. The number of imidazole rings is 1. The van der Waals surface area contributed by atoms with Crippen LogP contribution in [-0.4, -0.2) is 28.6 Å². The standard InChI is InChI=1S/C21H29ClN2O2/c1-3-20(4-2)15-25-21(26-16-20,11-13-24-14-12-23-17-24)10-9-18-5-7-19(22)8-6-18/h5-8,12,14,17H,3-4,9-11,13,15-16H2,1-2H3. The van der Waals surface area contributed by atoms with Gasteiger partial charge in [0, 0.05) is 42.2 Å². The summed E-state index contributed by atoms with van der Waals surface area (Å²) in [6.45, 7) is 6.83. The maximum absolute atomic E-state index is 6.43. The predicted octanol–water partition coefficient (Wildman–Crippen LogP) is 5.11. The van der Waals surface area contributed by atoms with E-state index in [-0.39, 0.29) is 5.41 Å². The molecule has 4 nitrogen and oxygen atoms in total. The summed E-state index contributed by atoms with van der Waals surface area (Å²) >= 11 is 6.00. The molecule has 142 valence electrons. The number of halogens is 1. The highest BCUT2D eigenvalue weighted by Gasteiger charge is 2.42. The fourth-order valence-corrected chi connectivity index (χ4v) is 3.55. The Hall–Kier alpha value is -1.36. The highest BCUT2D eigenvalue weighted by molar-refractivity contribution is 6.30. The molecule has 1 aromatic heterocycles. The number of nitrogens with zero attached hydrogens (tertiary/aromatic N) is 2. The molecule has 26 heavy (non-hydrogen) atoms. The Morgan fingerprint density at radius 3 is 2.35 bits per heavy atom. The number of hydrogen-bond donors (Lipinski definition) is 0. The second-order valence-corrected chi connectivity index (χ2v) is 7.81. The summed E-state index contributed by atoms with van der Waals surface area (Å²) in [6.07, 6.45) is 10.4. The van der Waals surface area contributed by atoms with Crippen LogP contribution >= 0.6 is 11.6 Å². The monoisotopic (exact) mass is 376 g/mol. The van der Waals surface area contributed by atoms with Crippen LogP contribution in [0.1, 0.15) is 45.1 Å². The Morgan fingerprint density at radius 2 is 1.77 bits per heavy atom. The first-order valence-electron chi connectivity index (χ1n) is 9.57. The van der Waals surface area contributed by atoms with E-state index in [1.165, 1.54) is 5.56 Å². The number of benzene rings is 1. The van der Waals surface area contributed by atoms with Crippen LogP contribution < -0.4 is 0 Å². The van der Waals surface area contributed by atoms with Crippen molar-refractivity contribution in [3.63, 3.8) is 0 Å². The van der Waals surface area contributed by atoms with Gasteiger partial charge >= 0.3 is 0 Å². The topological polar surface area (TPSA) is 36.3 Å². The molecule has 5 heteroatoms. The summed E-state index contributed by atoms with van der Waals surface area (Å²) in [5.74, 6) is -0.530. The summed E-state index contributed by atoms with van der Waals surface area (Å²) in [5, 5.41) is 0.768. The molecule has 1 saturated heterocycles. The lowest BCUT2D eigenvalue weighted by atomic mass is 9.82. The molecule has 2 heterocycles. The summed E-state index contributed by atoms with van der Waals surface area (Å²) in [4.78, 5) is 4.13. The Bertz CT molecular complexity index is 656. The van der Waals surface area contributed by atoms with Crippen LogP contribution in [0.15, 0.2) is 43.0 Å². The lowest BCUT2D eigenvalue weighted by Gasteiger charge is -2.46. The van der Waals surface area contributed by atoms with Crippen molar-refractivity contribution in [2.24, 2.45) is 5.41 Å². The van der Waals surface area contributed by atoms with Crippen molar-refractivity contribution in [2.45, 2.75) is 58.3 Å². The number of rotatable bonds is 8. The molecule has 0 radical (unpaired) electrons. The van der Waals surface area contributed by atoms with Crippen LogP contribution in [0.2, 0.25) is 5.02 Å². The van der Waals surface area contributed by atoms with Gasteiger partial charge in [-0.3, -0.25) is 0 Å². The Balaban J connectivity index is 1.68. The maximum Gasteiger partial charge on any atom is 0.170 e. The van der Waals surface area contributed by atoms with Gasteiger partial charge in [-0.05, 0) is 37.0 Å². The van der Waals surface area contributed by atoms with E-state index in [0.717, 1.165) is 56.9 Å². The second-order valence-electron chi connectivity index (χ2n) is 7.37. The summed E-state index contributed by atoms with van der Waals surface area (Å²) in [7, 11) is 0. The molecular weight excluding hydrogens is 348 g/mol. The third-order valence-corrected chi connectivity index (χ3v) is 6.05. The zero-order chi connectivity index (χ0) is 18.5. The van der Waals surface area contributed by atoms with Crippen molar-refractivity contribution >= 4 is 11.6 Å². The molecule has 0 aliphatic carbocycles. The average Bonchev–Trinajstić information content (AvgIpc) is 3.21. The molecule has 1 aromatic carbocycles. The summed E-state index contributed by atoms with van der Waals surface area (Å²) < 4.78 is 14.9. The molecule has 0 atom stereocenters. The first-order valence-corrected chi connectivity index (χ1v) is 9.95. The van der Waals surface area contributed by atoms with Crippen molar-refractivity contribution < 1.29 is 9.47 Å². The number of hydrogen-bond acceptors (Lipinski definition) is 3. The quantitative estimate of drug-likeness (QED) is 0.642. The minimum Gasteiger partial charge on any atom is -0.349 e. The third kappa shape index (κ3) is 4.67. The molecule has 1 aliphatic rings. The van der Waals surface area contributed by atoms with Crippen molar-refractivity contribution in [3.8, 4) is 0 Å². The molecule has 1 fully saturated rings. The molecule has 3 rings (SSSR count). The van der Waals surface area contributed by atoms with E-state index in [4.69, 9.17) is 21.1 Å². The van der Waals surface area contributed by atoms with Gasteiger partial charge in [-0.25, -0.2) is 4.98 Å². The largest absolute Gasteiger partial charge is 0.349 e. The van der Waals surface area contributed by atoms with Gasteiger partial charge in [-0.1, -0.05) is 37.6 Å². The van der Waals surface area contributed by atoms with Gasteiger partial charge in [0.15, 0.2) is 5.79 Å². The smallest absolute Gasteiger partial charge is 0.170 e. The van der Waals surface area contributed by atoms with Crippen molar-refractivity contribution in [1.82, 2.24) is 9.55 Å². The molecule has 0 spiro atoms. The van der Waals surface area contributed by atoms with E-state index in [2.05, 4.69) is 35.5 Å². The van der Waals surface area contributed by atoms with Gasteiger partial charge in [0.25, 0.3) is 0 Å². The Labute approximate surface area is 161 Å². The molecule has 0 saturated carbocycles. The van der Waals surface area contributed by atoms with Crippen LogP contribution in [0.25, 0.3) is 0 Å². The number of aryl methyl sites for hydroxylation is 2. The van der Waals surface area contributed by atoms with E-state index in [9.17, 15) is 0 Å². The average molecular weight is 377 g/mol. The molecule has 1 aliphatic heterocycles. The van der Waals surface area contributed by atoms with Gasteiger partial charge in [0.2, 0.25) is 0 Å². The van der Waals surface area contributed by atoms with Crippen LogP contribution in [0.3, 0.4) is 0 Å². The van der Waals surface area contributed by atoms with E-state index >= 15 is 0 Å². The van der Waals surface area contributed by atoms with E-state index < -0.39 is 5.79 Å². The second kappa shape index (κ2) is 8.55. The molecule has 0 unspecified atom stereocenters. The Morgan fingerprint density at radius 1 is 1.08 bits per heavy atom. The zero-order valence-electron chi connectivity index (χ0n) is 15.8. The van der Waals surface area contributed by atoms with Crippen LogP contribution in [0, 0.1) is 5.41 Å². The van der Waals surface area contributed by atoms with Gasteiger partial charge < -0.3 is 14.0 Å². The van der Waals surface area contributed by atoms with E-state index in [0.29, 0.717) is 0 Å². The van der Waals surface area contributed by atoms with Crippen LogP contribution in [0.4, 0.5) is 0 Å². The van der Waals surface area contributed by atoms with Gasteiger partial charge in [0.05, 0.1) is 19.5 Å². The molecule has 0 bridgehead atoms. The Kier molecular flexibility index (Phi) is 6.38. The number of aromatic nitrogens is 2. The predicted molar refractivity (Wildman–Crippen MR) is 104 cm³/mol. The van der Waals surface area contributed by atoms with Crippen molar-refractivity contribution in [3.05, 3.63) is 53.6 Å². The summed E-state index contributed by atoms with van der Waals surface area (Å²) in [6, 6.07) is 8.04. The minimum atomic E-state index is -0.530. The van der Waals surface area contributed by atoms with Crippen LogP contribution in [0.5, 0.6) is 0 Å². The van der Waals surface area contributed by atoms with Crippen molar-refractivity contribution in [1.29, 1.82) is 0 Å². The molecular formula is C21H29ClN2O2. The van der Waals surface area contributed by atoms with Gasteiger partial charge in [-0.2, -0.15) is 0 Å². The SMILES string of the molecule is CCC1(CC)COC(CCc2ccc(Cl)cc2)(CCn2ccnc2)OC1. The van der Waals surface area contributed by atoms with Gasteiger partial charge in [0.1, 0.15) is 0 Å². The van der Waals surface area contributed by atoms with Crippen LogP contribution in [-0.2, 0) is 22.4 Å². The minimum absolute atomic E-state index is 0.152. The maximum atomic E-state index is 6.43.